The summed E-state index contributed by atoms with van der Waals surface area (Å²) in [7, 11) is 1.66. The van der Waals surface area contributed by atoms with E-state index in [1.807, 2.05) is 19.1 Å². The Balaban J connectivity index is 1.53. The summed E-state index contributed by atoms with van der Waals surface area (Å²) in [5.74, 6) is 0. The lowest BCUT2D eigenvalue weighted by Crippen LogP contribution is -2.47. The van der Waals surface area contributed by atoms with Gasteiger partial charge in [-0.05, 0) is 24.6 Å². The van der Waals surface area contributed by atoms with Crippen molar-refractivity contribution in [3.05, 3.63) is 45.3 Å². The quantitative estimate of drug-likeness (QED) is 0.689. The molecule has 0 N–H and O–H groups in total. The molecule has 0 spiro atoms. The second kappa shape index (κ2) is 6.31. The molecule has 130 valence electrons. The van der Waals surface area contributed by atoms with Crippen molar-refractivity contribution in [2.45, 2.75) is 6.92 Å². The number of thiazole rings is 1. The molecule has 1 fully saturated rings. The lowest BCUT2D eigenvalue weighted by molar-refractivity contribution is 0.642. The largest absolute Gasteiger partial charge is 0.367 e. The molecule has 0 bridgehead atoms. The number of aryl methyl sites for hydroxylation is 2. The highest BCUT2D eigenvalue weighted by Crippen LogP contribution is 2.34. The van der Waals surface area contributed by atoms with Crippen molar-refractivity contribution in [2.75, 3.05) is 36.0 Å². The zero-order chi connectivity index (χ0) is 17.6. The molecule has 1 aliphatic rings. The van der Waals surface area contributed by atoms with E-state index in [1.54, 1.807) is 30.6 Å². The van der Waals surface area contributed by atoms with Gasteiger partial charge in [0, 0.05) is 44.3 Å². The van der Waals surface area contributed by atoms with Crippen LogP contribution in [-0.2, 0) is 7.05 Å². The van der Waals surface area contributed by atoms with Crippen LogP contribution in [0.15, 0.2) is 29.2 Å². The van der Waals surface area contributed by atoms with Crippen LogP contribution < -0.4 is 15.4 Å². The van der Waals surface area contributed by atoms with E-state index in [0.717, 1.165) is 57.8 Å². The summed E-state index contributed by atoms with van der Waals surface area (Å²) in [6.45, 7) is 5.41. The van der Waals surface area contributed by atoms with E-state index in [9.17, 15) is 4.79 Å². The Kier molecular flexibility index (Phi) is 4.13. The van der Waals surface area contributed by atoms with Crippen LogP contribution in [0.5, 0.6) is 0 Å². The van der Waals surface area contributed by atoms with Crippen LogP contribution >= 0.6 is 22.9 Å². The summed E-state index contributed by atoms with van der Waals surface area (Å²) in [5, 5.41) is 5.89. The number of anilines is 2. The lowest BCUT2D eigenvalue weighted by Gasteiger charge is -2.35. The molecular formula is C17H18ClN5OS. The number of hydrogen-bond acceptors (Lipinski definition) is 6. The summed E-state index contributed by atoms with van der Waals surface area (Å²) >= 11 is 7.90. The number of nitrogens with zero attached hydrogens (tertiary/aromatic N) is 5. The standard InChI is InChI=1S/C17H18ClN5OS/c1-11-13(18)3-4-14-16(11)20-17(25-14)23-7-5-22(6-8-23)12-9-15(24)21(2)19-10-12/h3-4,9-10H,5-8H2,1-2H3. The van der Waals surface area contributed by atoms with Gasteiger partial charge in [-0.1, -0.05) is 22.9 Å². The Morgan fingerprint density at radius 3 is 2.60 bits per heavy atom. The molecule has 0 unspecified atom stereocenters. The van der Waals surface area contributed by atoms with Crippen molar-refractivity contribution >= 4 is 44.0 Å². The van der Waals surface area contributed by atoms with Crippen LogP contribution in [0.3, 0.4) is 0 Å². The molecule has 2 aromatic heterocycles. The van der Waals surface area contributed by atoms with E-state index in [1.165, 1.54) is 4.68 Å². The van der Waals surface area contributed by atoms with Gasteiger partial charge in [0.1, 0.15) is 0 Å². The van der Waals surface area contributed by atoms with Crippen LogP contribution in [-0.4, -0.2) is 40.9 Å². The maximum Gasteiger partial charge on any atom is 0.268 e. The minimum absolute atomic E-state index is 0.0848. The van der Waals surface area contributed by atoms with Crippen molar-refractivity contribution in [2.24, 2.45) is 7.05 Å². The van der Waals surface area contributed by atoms with Crippen molar-refractivity contribution < 1.29 is 0 Å². The van der Waals surface area contributed by atoms with Crippen LogP contribution in [0.1, 0.15) is 5.56 Å². The minimum Gasteiger partial charge on any atom is -0.367 e. The van der Waals surface area contributed by atoms with Crippen molar-refractivity contribution in [1.82, 2.24) is 14.8 Å². The van der Waals surface area contributed by atoms with Gasteiger partial charge in [0.05, 0.1) is 22.1 Å². The molecule has 0 aliphatic carbocycles. The van der Waals surface area contributed by atoms with Gasteiger partial charge in [0.15, 0.2) is 5.13 Å². The fourth-order valence-corrected chi connectivity index (χ4v) is 4.24. The Morgan fingerprint density at radius 1 is 1.16 bits per heavy atom. The number of aromatic nitrogens is 3. The van der Waals surface area contributed by atoms with Crippen LogP contribution in [0, 0.1) is 6.92 Å². The predicted octanol–water partition coefficient (Wildman–Crippen LogP) is 2.68. The predicted molar refractivity (Wildman–Crippen MR) is 103 cm³/mol. The third-order valence-electron chi connectivity index (χ3n) is 4.61. The highest BCUT2D eigenvalue weighted by atomic mass is 35.5. The number of rotatable bonds is 2. The Bertz CT molecular complexity index is 990. The maximum absolute atomic E-state index is 11.8. The average Bonchev–Trinajstić information content (AvgIpc) is 3.06. The fourth-order valence-electron chi connectivity index (χ4n) is 3.01. The van der Waals surface area contributed by atoms with Crippen molar-refractivity contribution in [1.29, 1.82) is 0 Å². The second-order valence-electron chi connectivity index (χ2n) is 6.17. The van der Waals surface area contributed by atoms with Crippen LogP contribution in [0.25, 0.3) is 10.2 Å². The number of hydrogen-bond donors (Lipinski definition) is 0. The zero-order valence-electron chi connectivity index (χ0n) is 14.1. The van der Waals surface area contributed by atoms with Gasteiger partial charge in [0.2, 0.25) is 0 Å². The molecule has 4 rings (SSSR count). The summed E-state index contributed by atoms with van der Waals surface area (Å²) < 4.78 is 2.50. The normalized spacial score (nSPS) is 15.2. The van der Waals surface area contributed by atoms with Gasteiger partial charge in [0.25, 0.3) is 5.56 Å². The SMILES string of the molecule is Cc1c(Cl)ccc2sc(N3CCN(c4cnn(C)c(=O)c4)CC3)nc12. The Labute approximate surface area is 154 Å². The zero-order valence-corrected chi connectivity index (χ0v) is 15.6. The Hall–Kier alpha value is -2.12. The van der Waals surface area contributed by atoms with E-state index in [2.05, 4.69) is 14.9 Å². The first-order valence-electron chi connectivity index (χ1n) is 8.12. The van der Waals surface area contributed by atoms with E-state index in [-0.39, 0.29) is 5.56 Å². The third-order valence-corrected chi connectivity index (χ3v) is 6.10. The van der Waals surface area contributed by atoms with Crippen molar-refractivity contribution in [3.8, 4) is 0 Å². The summed E-state index contributed by atoms with van der Waals surface area (Å²) in [6.07, 6.45) is 1.75. The number of halogens is 1. The van der Waals surface area contributed by atoms with E-state index < -0.39 is 0 Å². The van der Waals surface area contributed by atoms with Gasteiger partial charge in [-0.15, -0.1) is 0 Å². The molecule has 0 saturated carbocycles. The first kappa shape index (κ1) is 16.4. The number of benzene rings is 1. The van der Waals surface area contributed by atoms with E-state index >= 15 is 0 Å². The third kappa shape index (κ3) is 2.98. The lowest BCUT2D eigenvalue weighted by atomic mass is 10.2. The highest BCUT2D eigenvalue weighted by Gasteiger charge is 2.21. The van der Waals surface area contributed by atoms with Gasteiger partial charge >= 0.3 is 0 Å². The smallest absolute Gasteiger partial charge is 0.268 e. The minimum atomic E-state index is -0.0848. The first-order valence-corrected chi connectivity index (χ1v) is 9.31. The van der Waals surface area contributed by atoms with Crippen LogP contribution in [0.4, 0.5) is 10.8 Å². The summed E-state index contributed by atoms with van der Waals surface area (Å²) in [5.41, 5.74) is 2.82. The topological polar surface area (TPSA) is 54.3 Å². The Morgan fingerprint density at radius 2 is 1.88 bits per heavy atom. The molecule has 3 aromatic rings. The molecule has 1 aromatic carbocycles. The van der Waals surface area contributed by atoms with E-state index in [0.29, 0.717) is 0 Å². The molecule has 0 amide bonds. The second-order valence-corrected chi connectivity index (χ2v) is 7.58. The van der Waals surface area contributed by atoms with Gasteiger partial charge in [-0.25, -0.2) is 9.67 Å². The molecule has 1 aliphatic heterocycles. The number of fused-ring (bicyclic) bond motifs is 1. The molecule has 8 heteroatoms. The van der Waals surface area contributed by atoms with Gasteiger partial charge in [-0.3, -0.25) is 4.79 Å². The molecule has 0 atom stereocenters. The molecule has 1 saturated heterocycles. The summed E-state index contributed by atoms with van der Waals surface area (Å²) in [4.78, 5) is 21.1. The average molecular weight is 376 g/mol. The van der Waals surface area contributed by atoms with Gasteiger partial charge < -0.3 is 9.80 Å². The van der Waals surface area contributed by atoms with E-state index in [4.69, 9.17) is 16.6 Å². The van der Waals surface area contributed by atoms with Gasteiger partial charge in [-0.2, -0.15) is 5.10 Å². The molecule has 6 nitrogen and oxygen atoms in total. The molecular weight excluding hydrogens is 358 g/mol. The van der Waals surface area contributed by atoms with Crippen LogP contribution in [0.2, 0.25) is 5.02 Å². The maximum atomic E-state index is 11.8. The molecule has 25 heavy (non-hydrogen) atoms. The highest BCUT2D eigenvalue weighted by molar-refractivity contribution is 7.22. The summed E-state index contributed by atoms with van der Waals surface area (Å²) in [6, 6.07) is 5.61. The fraction of sp³-hybridized carbons (Fsp3) is 0.353. The molecule has 3 heterocycles. The molecule has 0 radical (unpaired) electrons. The monoisotopic (exact) mass is 375 g/mol. The first-order chi connectivity index (χ1) is 12.0. The van der Waals surface area contributed by atoms with Crippen molar-refractivity contribution in [3.63, 3.8) is 0 Å². The number of piperazine rings is 1.